The molecule has 4 N–H and O–H groups in total. The maximum Gasteiger partial charge on any atom is 0.313 e. The van der Waals surface area contributed by atoms with Gasteiger partial charge in [-0.25, -0.2) is 4.98 Å². The summed E-state index contributed by atoms with van der Waals surface area (Å²) in [6.07, 6.45) is 2.93. The van der Waals surface area contributed by atoms with Gasteiger partial charge in [0, 0.05) is 53.6 Å². The highest BCUT2D eigenvalue weighted by Crippen LogP contribution is 2.28. The molecule has 0 saturated heterocycles. The van der Waals surface area contributed by atoms with Crippen LogP contribution in [0, 0.1) is 5.92 Å². The Morgan fingerprint density at radius 3 is 2.54 bits per heavy atom. The lowest BCUT2D eigenvalue weighted by Crippen LogP contribution is -2.57. The van der Waals surface area contributed by atoms with E-state index in [9.17, 15) is 19.2 Å². The summed E-state index contributed by atoms with van der Waals surface area (Å²) in [7, 11) is 2.03. The Hall–Kier alpha value is -2.73. The number of fused-ring (bicyclic) bond motifs is 1. The van der Waals surface area contributed by atoms with Crippen LogP contribution in [0.5, 0.6) is 0 Å². The fraction of sp³-hybridized carbons (Fsp3) is 0.500. The van der Waals surface area contributed by atoms with Crippen molar-refractivity contribution in [1.29, 1.82) is 0 Å². The molecule has 0 unspecified atom stereocenters. The molecule has 2 heterocycles. The third-order valence-corrected chi connectivity index (χ3v) is 8.16. The zero-order valence-electron chi connectivity index (χ0n) is 21.9. The van der Waals surface area contributed by atoms with Crippen LogP contribution in [0.15, 0.2) is 24.3 Å². The number of amides is 4. The number of hydrogen-bond donors (Lipinski definition) is 4. The van der Waals surface area contributed by atoms with Gasteiger partial charge in [-0.05, 0) is 57.0 Å². The summed E-state index contributed by atoms with van der Waals surface area (Å²) in [5.41, 5.74) is 1.39. The summed E-state index contributed by atoms with van der Waals surface area (Å²) in [5, 5.41) is 12.1. The first-order valence-electron chi connectivity index (χ1n) is 12.9. The van der Waals surface area contributed by atoms with Crippen LogP contribution in [0.2, 0.25) is 5.02 Å². The number of thiazole rings is 1. The lowest BCUT2D eigenvalue weighted by Gasteiger charge is -2.36. The summed E-state index contributed by atoms with van der Waals surface area (Å²) in [6, 6.07) is 5.37. The van der Waals surface area contributed by atoms with Crippen molar-refractivity contribution in [2.45, 2.75) is 57.7 Å². The van der Waals surface area contributed by atoms with Gasteiger partial charge in [0.2, 0.25) is 5.91 Å². The third-order valence-electron chi connectivity index (χ3n) is 6.83. The molecular formula is C26H34Cl2N6O4S. The van der Waals surface area contributed by atoms with Crippen molar-refractivity contribution >= 4 is 64.7 Å². The van der Waals surface area contributed by atoms with Crippen LogP contribution in [0.1, 0.15) is 53.0 Å². The highest BCUT2D eigenvalue weighted by molar-refractivity contribution is 7.13. The summed E-state index contributed by atoms with van der Waals surface area (Å²) >= 11 is 7.25. The number of nitrogens with zero attached hydrogens (tertiary/aromatic N) is 2. The summed E-state index contributed by atoms with van der Waals surface area (Å²) in [5.74, 6) is -2.34. The Bertz CT molecular complexity index is 1190. The first kappa shape index (κ1) is 30.8. The molecular weight excluding hydrogens is 563 g/mol. The molecule has 10 nitrogen and oxygen atoms in total. The van der Waals surface area contributed by atoms with E-state index in [4.69, 9.17) is 11.6 Å². The fourth-order valence-corrected chi connectivity index (χ4v) is 5.96. The minimum Gasteiger partial charge on any atom is -0.356 e. The van der Waals surface area contributed by atoms with Gasteiger partial charge in [0.05, 0.1) is 11.7 Å². The van der Waals surface area contributed by atoms with E-state index in [-0.39, 0.29) is 30.1 Å². The van der Waals surface area contributed by atoms with Gasteiger partial charge >= 0.3 is 11.8 Å². The normalized spacial score (nSPS) is 20.6. The number of carbonyl (C=O) groups is 4. The standard InChI is InChI=1S/C26H33ClN6O4S.ClH/c1-3-11-28-22(34)15-4-9-18(30-24(36)23(35)29-17-7-5-16(27)6-8-17)20(13-15)31-25(37)26-32-19-10-12-33(2)14-21(19)38-26;/h5-8,15,18,20H,3-4,9-14H2,1-2H3,(H,28,34)(H,29,35)(H,30,36)(H,31,37);1H/t15-,18-,20+;/m0./s1. The highest BCUT2D eigenvalue weighted by Gasteiger charge is 2.37. The van der Waals surface area contributed by atoms with Crippen LogP contribution in [-0.2, 0) is 27.3 Å². The van der Waals surface area contributed by atoms with Gasteiger partial charge in [-0.1, -0.05) is 18.5 Å². The summed E-state index contributed by atoms with van der Waals surface area (Å²) in [6.45, 7) is 4.21. The molecule has 3 atom stereocenters. The highest BCUT2D eigenvalue weighted by atomic mass is 35.5. The number of halogens is 2. The monoisotopic (exact) mass is 596 g/mol. The Morgan fingerprint density at radius 1 is 1.08 bits per heavy atom. The van der Waals surface area contributed by atoms with E-state index < -0.39 is 23.9 Å². The quantitative estimate of drug-likeness (QED) is 0.363. The SMILES string of the molecule is CCCNC(=O)[C@H]1CC[C@H](NC(=O)C(=O)Nc2ccc(Cl)cc2)[C@H](NC(=O)c2nc3c(s2)CN(C)CC3)C1.Cl. The predicted octanol–water partition coefficient (Wildman–Crippen LogP) is 2.75. The molecule has 2 aromatic rings. The molecule has 13 heteroatoms. The van der Waals surface area contributed by atoms with E-state index >= 15 is 0 Å². The van der Waals surface area contributed by atoms with E-state index in [1.54, 1.807) is 24.3 Å². The van der Waals surface area contributed by atoms with Crippen molar-refractivity contribution in [2.24, 2.45) is 5.92 Å². The van der Waals surface area contributed by atoms with Gasteiger partial charge in [0.15, 0.2) is 5.01 Å². The number of rotatable bonds is 7. The van der Waals surface area contributed by atoms with Gasteiger partial charge in [0.1, 0.15) is 0 Å². The third kappa shape index (κ3) is 8.14. The lowest BCUT2D eigenvalue weighted by atomic mass is 9.81. The van der Waals surface area contributed by atoms with Crippen LogP contribution < -0.4 is 21.3 Å². The number of anilines is 1. The number of nitrogens with one attached hydrogen (secondary N) is 4. The molecule has 0 radical (unpaired) electrons. The Balaban J connectivity index is 0.00000420. The van der Waals surface area contributed by atoms with Gasteiger partial charge in [-0.3, -0.25) is 19.2 Å². The second-order valence-electron chi connectivity index (χ2n) is 9.80. The van der Waals surface area contributed by atoms with Crippen molar-refractivity contribution in [3.63, 3.8) is 0 Å². The molecule has 0 spiro atoms. The first-order valence-corrected chi connectivity index (χ1v) is 14.1. The van der Waals surface area contributed by atoms with E-state index in [1.165, 1.54) is 11.3 Å². The lowest BCUT2D eigenvalue weighted by molar-refractivity contribution is -0.137. The van der Waals surface area contributed by atoms with Gasteiger partial charge in [0.25, 0.3) is 5.91 Å². The van der Waals surface area contributed by atoms with E-state index in [1.807, 2.05) is 14.0 Å². The number of benzene rings is 1. The topological polar surface area (TPSA) is 133 Å². The average molecular weight is 598 g/mol. The molecule has 212 valence electrons. The zero-order valence-corrected chi connectivity index (χ0v) is 24.3. The second-order valence-corrected chi connectivity index (χ2v) is 11.3. The Labute approximate surface area is 243 Å². The number of carbonyl (C=O) groups excluding carboxylic acids is 4. The van der Waals surface area contributed by atoms with E-state index in [2.05, 4.69) is 31.2 Å². The van der Waals surface area contributed by atoms with Crippen LogP contribution >= 0.6 is 35.3 Å². The van der Waals surface area contributed by atoms with Crippen molar-refractivity contribution < 1.29 is 19.2 Å². The number of hydrogen-bond acceptors (Lipinski definition) is 7. The number of likely N-dealkylation sites (N-methyl/N-ethyl adjacent to an activating group) is 1. The largest absolute Gasteiger partial charge is 0.356 e. The number of aromatic nitrogens is 1. The van der Waals surface area contributed by atoms with E-state index in [0.717, 1.165) is 36.5 Å². The minimum atomic E-state index is -0.822. The molecule has 4 amide bonds. The van der Waals surface area contributed by atoms with Crippen molar-refractivity contribution in [3.05, 3.63) is 44.9 Å². The van der Waals surface area contributed by atoms with Crippen LogP contribution in [0.4, 0.5) is 5.69 Å². The van der Waals surface area contributed by atoms with Crippen molar-refractivity contribution in [1.82, 2.24) is 25.8 Å². The first-order chi connectivity index (χ1) is 18.2. The molecule has 1 aromatic heterocycles. The van der Waals surface area contributed by atoms with Crippen molar-refractivity contribution in [3.8, 4) is 0 Å². The Morgan fingerprint density at radius 2 is 1.82 bits per heavy atom. The minimum absolute atomic E-state index is 0. The molecule has 1 aromatic carbocycles. The molecule has 1 fully saturated rings. The average Bonchev–Trinajstić information content (AvgIpc) is 3.33. The van der Waals surface area contributed by atoms with Crippen LogP contribution in [0.3, 0.4) is 0 Å². The van der Waals surface area contributed by atoms with Gasteiger partial charge < -0.3 is 26.2 Å². The smallest absolute Gasteiger partial charge is 0.313 e. The Kier molecular flexibility index (Phi) is 11.1. The maximum absolute atomic E-state index is 13.2. The molecule has 2 aliphatic rings. The summed E-state index contributed by atoms with van der Waals surface area (Å²) < 4.78 is 0. The van der Waals surface area contributed by atoms with Crippen molar-refractivity contribution in [2.75, 3.05) is 25.5 Å². The van der Waals surface area contributed by atoms with Gasteiger partial charge in [-0.15, -0.1) is 23.7 Å². The zero-order chi connectivity index (χ0) is 27.2. The van der Waals surface area contributed by atoms with Gasteiger partial charge in [-0.2, -0.15) is 0 Å². The predicted molar refractivity (Wildman–Crippen MR) is 153 cm³/mol. The molecule has 39 heavy (non-hydrogen) atoms. The molecule has 0 bridgehead atoms. The maximum atomic E-state index is 13.2. The molecule has 1 saturated carbocycles. The fourth-order valence-electron chi connectivity index (χ4n) is 4.74. The molecule has 4 rings (SSSR count). The van der Waals surface area contributed by atoms with Crippen LogP contribution in [0.25, 0.3) is 0 Å². The molecule has 1 aliphatic carbocycles. The summed E-state index contributed by atoms with van der Waals surface area (Å²) in [4.78, 5) is 59.0. The van der Waals surface area contributed by atoms with Crippen LogP contribution in [-0.4, -0.2) is 65.7 Å². The second kappa shape index (κ2) is 14.1. The molecule has 1 aliphatic heterocycles. The van der Waals surface area contributed by atoms with E-state index in [0.29, 0.717) is 41.5 Å².